The summed E-state index contributed by atoms with van der Waals surface area (Å²) in [5.41, 5.74) is 0. The lowest BCUT2D eigenvalue weighted by molar-refractivity contribution is -0.0533. The predicted octanol–water partition coefficient (Wildman–Crippen LogP) is 2.62. The Hall–Kier alpha value is -0.840. The molecular weight excluding hydrogens is 235 g/mol. The molecule has 0 bridgehead atoms. The summed E-state index contributed by atoms with van der Waals surface area (Å²) in [5, 5.41) is 0.354. The van der Waals surface area contributed by atoms with Crippen LogP contribution in [0.4, 0.5) is 4.39 Å². The van der Waals surface area contributed by atoms with Crippen LogP contribution in [0.3, 0.4) is 0 Å². The molecule has 1 fully saturated rings. The number of rotatable bonds is 4. The lowest BCUT2D eigenvalue weighted by atomic mass is 10.3. The first-order valence-corrected chi connectivity index (χ1v) is 5.44. The van der Waals surface area contributed by atoms with Crippen molar-refractivity contribution in [2.75, 3.05) is 19.8 Å². The SMILES string of the molecule is Fc1cc(Cl)ccc1OCCC1OCCO1. The van der Waals surface area contributed by atoms with Gasteiger partial charge in [0.05, 0.1) is 19.8 Å². The largest absolute Gasteiger partial charge is 0.490 e. The molecule has 0 atom stereocenters. The molecule has 88 valence electrons. The van der Waals surface area contributed by atoms with E-state index in [-0.39, 0.29) is 12.0 Å². The van der Waals surface area contributed by atoms with Gasteiger partial charge in [-0.15, -0.1) is 0 Å². The minimum Gasteiger partial charge on any atom is -0.490 e. The second-order valence-electron chi connectivity index (χ2n) is 3.38. The number of ether oxygens (including phenoxy) is 3. The van der Waals surface area contributed by atoms with Crippen LogP contribution in [0.1, 0.15) is 6.42 Å². The van der Waals surface area contributed by atoms with Gasteiger partial charge in [0.1, 0.15) is 0 Å². The number of hydrogen-bond acceptors (Lipinski definition) is 3. The van der Waals surface area contributed by atoms with Gasteiger partial charge in [0.2, 0.25) is 0 Å². The van der Waals surface area contributed by atoms with Crippen LogP contribution in [0.15, 0.2) is 18.2 Å². The van der Waals surface area contributed by atoms with E-state index in [2.05, 4.69) is 0 Å². The van der Waals surface area contributed by atoms with Crippen molar-refractivity contribution < 1.29 is 18.6 Å². The molecule has 1 aliphatic rings. The Bertz CT molecular complexity index is 353. The monoisotopic (exact) mass is 246 g/mol. The first-order chi connectivity index (χ1) is 7.75. The first-order valence-electron chi connectivity index (χ1n) is 5.07. The van der Waals surface area contributed by atoms with E-state index in [1.54, 1.807) is 6.07 Å². The van der Waals surface area contributed by atoms with Crippen LogP contribution >= 0.6 is 11.6 Å². The summed E-state index contributed by atoms with van der Waals surface area (Å²) in [6.45, 7) is 1.57. The summed E-state index contributed by atoms with van der Waals surface area (Å²) in [6.07, 6.45) is 0.359. The van der Waals surface area contributed by atoms with E-state index in [1.807, 2.05) is 0 Å². The Labute approximate surface area is 98.1 Å². The molecule has 2 rings (SSSR count). The number of hydrogen-bond donors (Lipinski definition) is 0. The fourth-order valence-corrected chi connectivity index (χ4v) is 1.59. The molecule has 1 heterocycles. The molecular formula is C11H12ClFO3. The Balaban J connectivity index is 1.80. The normalized spacial score (nSPS) is 16.6. The van der Waals surface area contributed by atoms with E-state index in [0.717, 1.165) is 0 Å². The maximum atomic E-state index is 13.3. The molecule has 0 saturated carbocycles. The third kappa shape index (κ3) is 3.07. The zero-order chi connectivity index (χ0) is 11.4. The van der Waals surface area contributed by atoms with E-state index < -0.39 is 5.82 Å². The summed E-state index contributed by atoms with van der Waals surface area (Å²) in [7, 11) is 0. The predicted molar refractivity (Wildman–Crippen MR) is 57.2 cm³/mol. The average Bonchev–Trinajstić information content (AvgIpc) is 2.74. The van der Waals surface area contributed by atoms with Gasteiger partial charge in [0.25, 0.3) is 0 Å². The van der Waals surface area contributed by atoms with E-state index in [0.29, 0.717) is 31.3 Å². The van der Waals surface area contributed by atoms with Crippen LogP contribution in [0.25, 0.3) is 0 Å². The maximum Gasteiger partial charge on any atom is 0.166 e. The zero-order valence-corrected chi connectivity index (χ0v) is 9.37. The quantitative estimate of drug-likeness (QED) is 0.817. The van der Waals surface area contributed by atoms with E-state index in [4.69, 9.17) is 25.8 Å². The fraction of sp³-hybridized carbons (Fsp3) is 0.455. The molecule has 3 nitrogen and oxygen atoms in total. The molecule has 1 aromatic rings. The van der Waals surface area contributed by atoms with Crippen molar-refractivity contribution in [3.8, 4) is 5.75 Å². The molecule has 1 aliphatic heterocycles. The van der Waals surface area contributed by atoms with Crippen LogP contribution in [-0.2, 0) is 9.47 Å². The summed E-state index contributed by atoms with van der Waals surface area (Å²) >= 11 is 5.62. The zero-order valence-electron chi connectivity index (χ0n) is 8.62. The Morgan fingerprint density at radius 2 is 2.12 bits per heavy atom. The Morgan fingerprint density at radius 1 is 1.38 bits per heavy atom. The van der Waals surface area contributed by atoms with Gasteiger partial charge in [0.15, 0.2) is 17.9 Å². The highest BCUT2D eigenvalue weighted by Gasteiger charge is 2.15. The van der Waals surface area contributed by atoms with Crippen LogP contribution in [0.5, 0.6) is 5.75 Å². The molecule has 0 radical (unpaired) electrons. The highest BCUT2D eigenvalue weighted by Crippen LogP contribution is 2.21. The van der Waals surface area contributed by atoms with Crippen molar-refractivity contribution in [3.05, 3.63) is 29.0 Å². The van der Waals surface area contributed by atoms with Gasteiger partial charge in [-0.3, -0.25) is 0 Å². The number of benzene rings is 1. The fourth-order valence-electron chi connectivity index (χ4n) is 1.43. The van der Waals surface area contributed by atoms with Crippen molar-refractivity contribution in [3.63, 3.8) is 0 Å². The topological polar surface area (TPSA) is 27.7 Å². The van der Waals surface area contributed by atoms with Crippen molar-refractivity contribution in [1.82, 2.24) is 0 Å². The summed E-state index contributed by atoms with van der Waals surface area (Å²) < 4.78 is 29.0. The Kier molecular flexibility index (Phi) is 3.98. The molecule has 16 heavy (non-hydrogen) atoms. The van der Waals surface area contributed by atoms with Crippen LogP contribution < -0.4 is 4.74 Å². The molecule has 1 saturated heterocycles. The average molecular weight is 247 g/mol. The third-order valence-corrected chi connectivity index (χ3v) is 2.43. The molecule has 5 heteroatoms. The van der Waals surface area contributed by atoms with E-state index in [9.17, 15) is 4.39 Å². The number of halogens is 2. The second-order valence-corrected chi connectivity index (χ2v) is 3.82. The van der Waals surface area contributed by atoms with Crippen LogP contribution in [0, 0.1) is 5.82 Å². The molecule has 0 amide bonds. The molecule has 0 unspecified atom stereocenters. The van der Waals surface area contributed by atoms with E-state index in [1.165, 1.54) is 12.1 Å². The van der Waals surface area contributed by atoms with Gasteiger partial charge in [-0.05, 0) is 18.2 Å². The van der Waals surface area contributed by atoms with Crippen molar-refractivity contribution in [2.24, 2.45) is 0 Å². The van der Waals surface area contributed by atoms with Gasteiger partial charge in [-0.25, -0.2) is 4.39 Å². The van der Waals surface area contributed by atoms with Crippen molar-refractivity contribution in [2.45, 2.75) is 12.7 Å². The lowest BCUT2D eigenvalue weighted by Crippen LogP contribution is -2.13. The second kappa shape index (κ2) is 5.48. The maximum absolute atomic E-state index is 13.3. The smallest absolute Gasteiger partial charge is 0.166 e. The summed E-state index contributed by atoms with van der Waals surface area (Å²) in [4.78, 5) is 0. The molecule has 0 N–H and O–H groups in total. The summed E-state index contributed by atoms with van der Waals surface area (Å²) in [5.74, 6) is -0.261. The van der Waals surface area contributed by atoms with Gasteiger partial charge >= 0.3 is 0 Å². The molecule has 0 aromatic heterocycles. The lowest BCUT2D eigenvalue weighted by Gasteiger charge is -2.10. The van der Waals surface area contributed by atoms with Crippen LogP contribution in [-0.4, -0.2) is 26.1 Å². The van der Waals surface area contributed by atoms with Gasteiger partial charge in [-0.1, -0.05) is 11.6 Å². The Morgan fingerprint density at radius 3 is 2.81 bits per heavy atom. The van der Waals surface area contributed by atoms with Gasteiger partial charge in [0, 0.05) is 11.4 Å². The molecule has 0 spiro atoms. The minimum absolute atomic E-state index is 0.197. The van der Waals surface area contributed by atoms with Crippen molar-refractivity contribution >= 4 is 11.6 Å². The first kappa shape index (κ1) is 11.6. The standard InChI is InChI=1S/C11H12ClFO3/c12-8-1-2-10(9(13)7-8)14-4-3-11-15-5-6-16-11/h1-2,7,11H,3-6H2. The third-order valence-electron chi connectivity index (χ3n) is 2.20. The highest BCUT2D eigenvalue weighted by atomic mass is 35.5. The minimum atomic E-state index is -0.458. The summed E-state index contributed by atoms with van der Waals surface area (Å²) in [6, 6.07) is 4.32. The van der Waals surface area contributed by atoms with Crippen LogP contribution in [0.2, 0.25) is 5.02 Å². The van der Waals surface area contributed by atoms with Gasteiger partial charge in [-0.2, -0.15) is 0 Å². The van der Waals surface area contributed by atoms with E-state index >= 15 is 0 Å². The van der Waals surface area contributed by atoms with Crippen molar-refractivity contribution in [1.29, 1.82) is 0 Å². The highest BCUT2D eigenvalue weighted by molar-refractivity contribution is 6.30. The molecule has 1 aromatic carbocycles. The van der Waals surface area contributed by atoms with Gasteiger partial charge < -0.3 is 14.2 Å². The molecule has 0 aliphatic carbocycles.